The van der Waals surface area contributed by atoms with Crippen LogP contribution >= 0.6 is 15.9 Å². The highest BCUT2D eigenvalue weighted by Crippen LogP contribution is 2.31. The topological polar surface area (TPSA) is 58.4 Å². The Bertz CT molecular complexity index is 562. The van der Waals surface area contributed by atoms with Crippen molar-refractivity contribution in [3.63, 3.8) is 0 Å². The van der Waals surface area contributed by atoms with E-state index in [0.717, 1.165) is 25.6 Å². The van der Waals surface area contributed by atoms with E-state index in [2.05, 4.69) is 26.1 Å². The standard InChI is InChI=1S/C15H19BrFN3O/c16-12-6-13(17)14(18)5-11(12)15(21)19-7-9-3-4-20(8-9)10-1-2-10/h5-6,9-10H,1-4,7-8,18H2,(H,19,21). The number of halogens is 2. The van der Waals surface area contributed by atoms with Crippen molar-refractivity contribution in [1.82, 2.24) is 10.2 Å². The monoisotopic (exact) mass is 355 g/mol. The third-order valence-electron chi connectivity index (χ3n) is 4.26. The van der Waals surface area contributed by atoms with Gasteiger partial charge < -0.3 is 16.0 Å². The number of hydrogen-bond donors (Lipinski definition) is 2. The van der Waals surface area contributed by atoms with E-state index in [-0.39, 0.29) is 11.6 Å². The van der Waals surface area contributed by atoms with E-state index in [1.807, 2.05) is 0 Å². The summed E-state index contributed by atoms with van der Waals surface area (Å²) in [6, 6.07) is 3.39. The van der Waals surface area contributed by atoms with E-state index < -0.39 is 5.82 Å². The number of anilines is 1. The number of carbonyl (C=O) groups excluding carboxylic acids is 1. The average Bonchev–Trinajstić information content (AvgIpc) is 3.19. The lowest BCUT2D eigenvalue weighted by Gasteiger charge is -2.15. The number of amides is 1. The molecule has 1 heterocycles. The summed E-state index contributed by atoms with van der Waals surface area (Å²) in [7, 11) is 0. The van der Waals surface area contributed by atoms with Gasteiger partial charge in [0.15, 0.2) is 0 Å². The molecule has 114 valence electrons. The first-order valence-electron chi connectivity index (χ1n) is 7.31. The number of carbonyl (C=O) groups is 1. The second-order valence-corrected chi connectivity index (χ2v) is 6.80. The molecule has 1 aliphatic heterocycles. The van der Waals surface area contributed by atoms with Crippen LogP contribution in [0.25, 0.3) is 0 Å². The van der Waals surface area contributed by atoms with E-state index >= 15 is 0 Å². The Hall–Kier alpha value is -1.14. The largest absolute Gasteiger partial charge is 0.396 e. The molecule has 4 nitrogen and oxygen atoms in total. The third-order valence-corrected chi connectivity index (χ3v) is 4.92. The zero-order valence-electron chi connectivity index (χ0n) is 11.7. The Morgan fingerprint density at radius 2 is 2.19 bits per heavy atom. The zero-order chi connectivity index (χ0) is 15.0. The highest BCUT2D eigenvalue weighted by molar-refractivity contribution is 9.10. The molecule has 6 heteroatoms. The molecule has 1 saturated heterocycles. The van der Waals surface area contributed by atoms with Crippen LogP contribution < -0.4 is 11.1 Å². The van der Waals surface area contributed by atoms with Crippen LogP contribution in [0.3, 0.4) is 0 Å². The molecule has 2 fully saturated rings. The van der Waals surface area contributed by atoms with Gasteiger partial charge in [0, 0.05) is 23.6 Å². The van der Waals surface area contributed by atoms with Gasteiger partial charge in [-0.15, -0.1) is 0 Å². The molecule has 2 aliphatic rings. The van der Waals surface area contributed by atoms with E-state index in [1.54, 1.807) is 0 Å². The number of nitrogens with zero attached hydrogens (tertiary/aromatic N) is 1. The molecule has 21 heavy (non-hydrogen) atoms. The van der Waals surface area contributed by atoms with Crippen molar-refractivity contribution in [2.75, 3.05) is 25.4 Å². The van der Waals surface area contributed by atoms with Crippen molar-refractivity contribution < 1.29 is 9.18 Å². The molecule has 1 amide bonds. The van der Waals surface area contributed by atoms with Gasteiger partial charge >= 0.3 is 0 Å². The molecule has 1 saturated carbocycles. The number of hydrogen-bond acceptors (Lipinski definition) is 3. The van der Waals surface area contributed by atoms with Gasteiger partial charge in [-0.3, -0.25) is 4.79 Å². The van der Waals surface area contributed by atoms with E-state index in [9.17, 15) is 9.18 Å². The number of benzene rings is 1. The predicted molar refractivity (Wildman–Crippen MR) is 83.5 cm³/mol. The first-order valence-corrected chi connectivity index (χ1v) is 8.10. The number of rotatable bonds is 4. The molecular weight excluding hydrogens is 337 g/mol. The fourth-order valence-electron chi connectivity index (χ4n) is 2.87. The first kappa shape index (κ1) is 14.8. The Morgan fingerprint density at radius 1 is 1.43 bits per heavy atom. The van der Waals surface area contributed by atoms with Crippen molar-refractivity contribution in [2.45, 2.75) is 25.3 Å². The van der Waals surface area contributed by atoms with Crippen LogP contribution in [-0.2, 0) is 0 Å². The van der Waals surface area contributed by atoms with Gasteiger partial charge in [-0.1, -0.05) is 0 Å². The maximum atomic E-state index is 13.3. The fraction of sp³-hybridized carbons (Fsp3) is 0.533. The molecule has 3 N–H and O–H groups in total. The Kier molecular flexibility index (Phi) is 4.17. The van der Waals surface area contributed by atoms with Gasteiger partial charge in [-0.2, -0.15) is 0 Å². The number of nitrogen functional groups attached to an aromatic ring is 1. The van der Waals surface area contributed by atoms with Gasteiger partial charge in [0.1, 0.15) is 5.82 Å². The normalized spacial score (nSPS) is 22.5. The second-order valence-electron chi connectivity index (χ2n) is 5.94. The van der Waals surface area contributed by atoms with Gasteiger partial charge in [-0.05, 0) is 59.8 Å². The van der Waals surface area contributed by atoms with Crippen molar-refractivity contribution >= 4 is 27.5 Å². The van der Waals surface area contributed by atoms with Crippen LogP contribution in [0.1, 0.15) is 29.6 Å². The summed E-state index contributed by atoms with van der Waals surface area (Å²) in [5.74, 6) is -0.223. The van der Waals surface area contributed by atoms with Crippen LogP contribution in [0.15, 0.2) is 16.6 Å². The summed E-state index contributed by atoms with van der Waals surface area (Å²) < 4.78 is 13.7. The van der Waals surface area contributed by atoms with E-state index in [1.165, 1.54) is 25.0 Å². The van der Waals surface area contributed by atoms with E-state index in [0.29, 0.717) is 22.5 Å². The summed E-state index contributed by atoms with van der Waals surface area (Å²) in [4.78, 5) is 14.7. The summed E-state index contributed by atoms with van der Waals surface area (Å²) in [6.07, 6.45) is 3.77. The molecule has 0 spiro atoms. The Labute approximate surface area is 132 Å². The summed E-state index contributed by atoms with van der Waals surface area (Å²) in [5.41, 5.74) is 5.89. The van der Waals surface area contributed by atoms with Gasteiger partial charge in [0.25, 0.3) is 5.91 Å². The van der Waals surface area contributed by atoms with Crippen LogP contribution in [0.4, 0.5) is 10.1 Å². The third kappa shape index (κ3) is 3.37. The number of likely N-dealkylation sites (tertiary alicyclic amines) is 1. The molecule has 1 atom stereocenters. The highest BCUT2D eigenvalue weighted by atomic mass is 79.9. The minimum absolute atomic E-state index is 0.0101. The van der Waals surface area contributed by atoms with Gasteiger partial charge in [0.05, 0.1) is 11.3 Å². The summed E-state index contributed by atoms with van der Waals surface area (Å²) in [5, 5.41) is 2.93. The quantitative estimate of drug-likeness (QED) is 0.815. The Balaban J connectivity index is 1.55. The second kappa shape index (κ2) is 5.93. The lowest BCUT2D eigenvalue weighted by atomic mass is 10.1. The maximum Gasteiger partial charge on any atom is 0.252 e. The summed E-state index contributed by atoms with van der Waals surface area (Å²) in [6.45, 7) is 2.86. The predicted octanol–water partition coefficient (Wildman–Crippen LogP) is 2.38. The zero-order valence-corrected chi connectivity index (χ0v) is 13.3. The van der Waals surface area contributed by atoms with Crippen LogP contribution in [0, 0.1) is 11.7 Å². The van der Waals surface area contributed by atoms with Crippen LogP contribution in [-0.4, -0.2) is 36.5 Å². The van der Waals surface area contributed by atoms with Crippen LogP contribution in [0.5, 0.6) is 0 Å². The van der Waals surface area contributed by atoms with Crippen molar-refractivity contribution in [1.29, 1.82) is 0 Å². The van der Waals surface area contributed by atoms with Crippen molar-refractivity contribution in [2.24, 2.45) is 5.92 Å². The average molecular weight is 356 g/mol. The SMILES string of the molecule is Nc1cc(C(=O)NCC2CCN(C3CC3)C2)c(Br)cc1F. The lowest BCUT2D eigenvalue weighted by Crippen LogP contribution is -2.31. The fourth-order valence-corrected chi connectivity index (χ4v) is 3.37. The van der Waals surface area contributed by atoms with Gasteiger partial charge in [0.2, 0.25) is 0 Å². The molecule has 0 radical (unpaired) electrons. The molecular formula is C15H19BrFN3O. The first-order chi connectivity index (χ1) is 10.0. The maximum absolute atomic E-state index is 13.3. The lowest BCUT2D eigenvalue weighted by molar-refractivity contribution is 0.0946. The smallest absolute Gasteiger partial charge is 0.252 e. The molecule has 1 aromatic rings. The van der Waals surface area contributed by atoms with Crippen molar-refractivity contribution in [3.8, 4) is 0 Å². The minimum Gasteiger partial charge on any atom is -0.396 e. The van der Waals surface area contributed by atoms with Crippen LogP contribution in [0.2, 0.25) is 0 Å². The molecule has 0 bridgehead atoms. The Morgan fingerprint density at radius 3 is 2.90 bits per heavy atom. The number of nitrogens with two attached hydrogens (primary N) is 1. The van der Waals surface area contributed by atoms with Crippen molar-refractivity contribution in [3.05, 3.63) is 28.0 Å². The molecule has 1 aliphatic carbocycles. The minimum atomic E-state index is -0.519. The molecule has 1 unspecified atom stereocenters. The summed E-state index contributed by atoms with van der Waals surface area (Å²) >= 11 is 3.21. The number of nitrogens with one attached hydrogen (secondary N) is 1. The van der Waals surface area contributed by atoms with E-state index in [4.69, 9.17) is 5.73 Å². The molecule has 1 aromatic carbocycles. The molecule has 3 rings (SSSR count). The molecule has 0 aromatic heterocycles. The van der Waals surface area contributed by atoms with Gasteiger partial charge in [-0.25, -0.2) is 4.39 Å². The highest BCUT2D eigenvalue weighted by Gasteiger charge is 2.34.